The second-order valence-electron chi connectivity index (χ2n) is 2.34. The van der Waals surface area contributed by atoms with E-state index >= 15 is 0 Å². The molecule has 0 aliphatic carbocycles. The molecule has 5 heteroatoms. The van der Waals surface area contributed by atoms with Crippen LogP contribution in [0.25, 0.3) is 0 Å². The van der Waals surface area contributed by atoms with Crippen LogP contribution in [-0.2, 0) is 9.53 Å². The zero-order chi connectivity index (χ0) is 9.68. The van der Waals surface area contributed by atoms with Crippen molar-refractivity contribution in [1.82, 2.24) is 4.98 Å². The summed E-state index contributed by atoms with van der Waals surface area (Å²) >= 11 is 1.28. The van der Waals surface area contributed by atoms with Crippen LogP contribution < -0.4 is 0 Å². The summed E-state index contributed by atoms with van der Waals surface area (Å²) in [6.07, 6.45) is 1.85. The standard InChI is InChI=1S/C8H9NO3S/c1-12-7(11)3-2-6(10)8-9-4-5-13-8/h4-5H,2-3H2,1H3. The molecule has 0 unspecified atom stereocenters. The molecule has 1 heterocycles. The Morgan fingerprint density at radius 2 is 2.31 bits per heavy atom. The predicted octanol–water partition coefficient (Wildman–Crippen LogP) is 1.28. The van der Waals surface area contributed by atoms with Crippen molar-refractivity contribution in [3.05, 3.63) is 16.6 Å². The molecule has 0 aromatic carbocycles. The number of ketones is 1. The zero-order valence-corrected chi connectivity index (χ0v) is 7.97. The van der Waals surface area contributed by atoms with Crippen LogP contribution in [0.2, 0.25) is 0 Å². The predicted molar refractivity (Wildman–Crippen MR) is 47.7 cm³/mol. The highest BCUT2D eigenvalue weighted by Gasteiger charge is 2.10. The number of esters is 1. The molecule has 1 rings (SSSR count). The van der Waals surface area contributed by atoms with Crippen LogP contribution in [0, 0.1) is 0 Å². The lowest BCUT2D eigenvalue weighted by Crippen LogP contribution is -2.05. The van der Waals surface area contributed by atoms with Crippen molar-refractivity contribution >= 4 is 23.1 Å². The van der Waals surface area contributed by atoms with Crippen LogP contribution in [0.3, 0.4) is 0 Å². The quantitative estimate of drug-likeness (QED) is 0.541. The van der Waals surface area contributed by atoms with Gasteiger partial charge in [0.15, 0.2) is 10.8 Å². The zero-order valence-electron chi connectivity index (χ0n) is 7.15. The minimum atomic E-state index is -0.370. The van der Waals surface area contributed by atoms with E-state index in [2.05, 4.69) is 9.72 Å². The van der Waals surface area contributed by atoms with Gasteiger partial charge in [-0.1, -0.05) is 0 Å². The van der Waals surface area contributed by atoms with Crippen molar-refractivity contribution < 1.29 is 14.3 Å². The molecule has 0 saturated carbocycles. The molecule has 0 amide bonds. The maximum atomic E-state index is 11.3. The normalized spacial score (nSPS) is 9.62. The number of hydrogen-bond acceptors (Lipinski definition) is 5. The summed E-state index contributed by atoms with van der Waals surface area (Å²) in [6, 6.07) is 0. The molecule has 70 valence electrons. The van der Waals surface area contributed by atoms with Crippen LogP contribution in [-0.4, -0.2) is 23.8 Å². The highest BCUT2D eigenvalue weighted by Crippen LogP contribution is 2.08. The smallest absolute Gasteiger partial charge is 0.305 e. The fourth-order valence-corrected chi connectivity index (χ4v) is 1.39. The van der Waals surface area contributed by atoms with E-state index in [1.807, 2.05) is 0 Å². The van der Waals surface area contributed by atoms with Gasteiger partial charge in [-0.2, -0.15) is 0 Å². The molecule has 0 atom stereocenters. The van der Waals surface area contributed by atoms with Gasteiger partial charge in [-0.25, -0.2) is 4.98 Å². The summed E-state index contributed by atoms with van der Waals surface area (Å²) < 4.78 is 4.41. The highest BCUT2D eigenvalue weighted by molar-refractivity contribution is 7.11. The second kappa shape index (κ2) is 4.71. The molecular formula is C8H9NO3S. The Labute approximate surface area is 79.6 Å². The number of carbonyl (C=O) groups is 2. The van der Waals surface area contributed by atoms with E-state index in [9.17, 15) is 9.59 Å². The minimum Gasteiger partial charge on any atom is -0.469 e. The number of Topliss-reactive ketones (excluding diaryl/α,β-unsaturated/α-hetero) is 1. The van der Waals surface area contributed by atoms with E-state index in [1.54, 1.807) is 11.6 Å². The Kier molecular flexibility index (Phi) is 3.57. The molecule has 0 radical (unpaired) electrons. The second-order valence-corrected chi connectivity index (χ2v) is 3.23. The van der Waals surface area contributed by atoms with Gasteiger partial charge in [-0.3, -0.25) is 9.59 Å². The molecule has 1 aromatic heterocycles. The summed E-state index contributed by atoms with van der Waals surface area (Å²) in [5, 5.41) is 2.18. The number of methoxy groups -OCH3 is 1. The van der Waals surface area contributed by atoms with E-state index in [4.69, 9.17) is 0 Å². The first-order valence-corrected chi connectivity index (χ1v) is 4.61. The third-order valence-corrected chi connectivity index (χ3v) is 2.27. The first-order chi connectivity index (χ1) is 6.24. The van der Waals surface area contributed by atoms with Gasteiger partial charge < -0.3 is 4.74 Å². The van der Waals surface area contributed by atoms with Gasteiger partial charge in [0, 0.05) is 18.0 Å². The number of nitrogens with zero attached hydrogens (tertiary/aromatic N) is 1. The Morgan fingerprint density at radius 1 is 1.54 bits per heavy atom. The minimum absolute atomic E-state index is 0.111. The number of rotatable bonds is 4. The number of aromatic nitrogens is 1. The van der Waals surface area contributed by atoms with Gasteiger partial charge in [0.1, 0.15) is 0 Å². The maximum absolute atomic E-state index is 11.3. The molecular weight excluding hydrogens is 190 g/mol. The van der Waals surface area contributed by atoms with Gasteiger partial charge in [0.05, 0.1) is 13.5 Å². The van der Waals surface area contributed by atoms with Crippen LogP contribution in [0.5, 0.6) is 0 Å². The Bertz CT molecular complexity index is 294. The van der Waals surface area contributed by atoms with Gasteiger partial charge in [-0.05, 0) is 0 Å². The summed E-state index contributed by atoms with van der Waals surface area (Å²) in [7, 11) is 1.30. The summed E-state index contributed by atoms with van der Waals surface area (Å²) in [5.41, 5.74) is 0. The SMILES string of the molecule is COC(=O)CCC(=O)c1nccs1. The summed E-state index contributed by atoms with van der Waals surface area (Å²) in [4.78, 5) is 25.8. The van der Waals surface area contributed by atoms with Crippen LogP contribution in [0.15, 0.2) is 11.6 Å². The fourth-order valence-electron chi connectivity index (χ4n) is 0.786. The Morgan fingerprint density at radius 3 is 2.85 bits per heavy atom. The molecule has 1 aromatic rings. The average molecular weight is 199 g/mol. The van der Waals surface area contributed by atoms with Crippen molar-refractivity contribution in [2.24, 2.45) is 0 Å². The van der Waals surface area contributed by atoms with Crippen molar-refractivity contribution in [2.45, 2.75) is 12.8 Å². The van der Waals surface area contributed by atoms with Gasteiger partial charge in [0.2, 0.25) is 0 Å². The van der Waals surface area contributed by atoms with E-state index in [1.165, 1.54) is 18.4 Å². The number of ether oxygens (including phenoxy) is 1. The molecule has 0 N–H and O–H groups in total. The molecule has 0 aliphatic heterocycles. The Balaban J connectivity index is 2.39. The number of hydrogen-bond donors (Lipinski definition) is 0. The van der Waals surface area contributed by atoms with Crippen molar-refractivity contribution in [1.29, 1.82) is 0 Å². The first kappa shape index (κ1) is 9.85. The van der Waals surface area contributed by atoms with E-state index < -0.39 is 0 Å². The largest absolute Gasteiger partial charge is 0.469 e. The maximum Gasteiger partial charge on any atom is 0.305 e. The van der Waals surface area contributed by atoms with Gasteiger partial charge in [0.25, 0.3) is 0 Å². The molecule has 0 bridgehead atoms. The van der Waals surface area contributed by atoms with Crippen molar-refractivity contribution in [3.8, 4) is 0 Å². The molecule has 0 saturated heterocycles. The highest BCUT2D eigenvalue weighted by atomic mass is 32.1. The van der Waals surface area contributed by atoms with Crippen molar-refractivity contribution in [2.75, 3.05) is 7.11 Å². The third-order valence-electron chi connectivity index (χ3n) is 1.45. The molecule has 4 nitrogen and oxygen atoms in total. The van der Waals surface area contributed by atoms with Crippen LogP contribution in [0.1, 0.15) is 22.6 Å². The summed E-state index contributed by atoms with van der Waals surface area (Å²) in [6.45, 7) is 0. The lowest BCUT2D eigenvalue weighted by Gasteiger charge is -1.96. The average Bonchev–Trinajstić information content (AvgIpc) is 2.66. The molecule has 0 aliphatic rings. The lowest BCUT2D eigenvalue weighted by atomic mass is 10.2. The summed E-state index contributed by atoms with van der Waals surface area (Å²) in [5.74, 6) is -0.481. The molecule has 13 heavy (non-hydrogen) atoms. The Hall–Kier alpha value is -1.23. The van der Waals surface area contributed by atoms with Gasteiger partial charge in [-0.15, -0.1) is 11.3 Å². The third kappa shape index (κ3) is 2.95. The molecule has 0 fully saturated rings. The number of thiazole rings is 1. The lowest BCUT2D eigenvalue weighted by molar-refractivity contribution is -0.140. The number of carbonyl (C=O) groups excluding carboxylic acids is 2. The van der Waals surface area contributed by atoms with Gasteiger partial charge >= 0.3 is 5.97 Å². The van der Waals surface area contributed by atoms with Crippen LogP contribution >= 0.6 is 11.3 Å². The van der Waals surface area contributed by atoms with Crippen molar-refractivity contribution in [3.63, 3.8) is 0 Å². The fraction of sp³-hybridized carbons (Fsp3) is 0.375. The monoisotopic (exact) mass is 199 g/mol. The van der Waals surface area contributed by atoms with Crippen LogP contribution in [0.4, 0.5) is 0 Å². The van der Waals surface area contributed by atoms with E-state index in [0.717, 1.165) is 0 Å². The first-order valence-electron chi connectivity index (χ1n) is 3.73. The van der Waals surface area contributed by atoms with E-state index in [-0.39, 0.29) is 24.6 Å². The van der Waals surface area contributed by atoms with E-state index in [0.29, 0.717) is 5.01 Å². The molecule has 0 spiro atoms. The topological polar surface area (TPSA) is 56.3 Å².